The summed E-state index contributed by atoms with van der Waals surface area (Å²) in [6, 6.07) is 0. The Kier molecular flexibility index (Phi) is 8.59. The molecule has 2 aromatic heterocycles. The van der Waals surface area contributed by atoms with Crippen molar-refractivity contribution < 1.29 is 65.2 Å². The van der Waals surface area contributed by atoms with E-state index in [0.29, 0.717) is 7.11 Å². The third kappa shape index (κ3) is 6.46. The number of aliphatic hydroxyl groups is 1. The second-order valence-electron chi connectivity index (χ2n) is 7.22. The molecule has 0 aliphatic carbocycles. The summed E-state index contributed by atoms with van der Waals surface area (Å²) in [6.07, 6.45) is -3.88. The van der Waals surface area contributed by atoms with Gasteiger partial charge in [0.1, 0.15) is 18.3 Å². The molecule has 204 valence electrons. The number of aliphatic hydroxyl groups excluding tert-OH is 1. The Morgan fingerprint density at radius 2 is 1.89 bits per heavy atom. The van der Waals surface area contributed by atoms with Crippen LogP contribution in [0.2, 0.25) is 0 Å². The summed E-state index contributed by atoms with van der Waals surface area (Å²) < 4.78 is 64.0. The highest BCUT2D eigenvalue weighted by Gasteiger charge is 2.49. The van der Waals surface area contributed by atoms with E-state index in [1.807, 2.05) is 0 Å². The van der Waals surface area contributed by atoms with Gasteiger partial charge in [0.05, 0.1) is 13.7 Å². The Morgan fingerprint density at radius 3 is 2.50 bits per heavy atom. The van der Waals surface area contributed by atoms with Crippen molar-refractivity contribution in [1.82, 2.24) is 14.5 Å². The quantitative estimate of drug-likeness (QED) is 0.176. The van der Waals surface area contributed by atoms with Gasteiger partial charge in [0.15, 0.2) is 6.33 Å². The van der Waals surface area contributed by atoms with Crippen molar-refractivity contribution in [3.8, 4) is 0 Å². The van der Waals surface area contributed by atoms with Crippen molar-refractivity contribution in [2.75, 3.05) is 26.1 Å². The first-order valence-corrected chi connectivity index (χ1v) is 14.2. The largest absolute Gasteiger partial charge is 0.756 e. The maximum Gasteiger partial charge on any atom is 0.313 e. The van der Waals surface area contributed by atoms with Crippen LogP contribution in [0.3, 0.4) is 0 Å². The number of imidazole rings is 1. The molecule has 7 atom stereocenters. The first-order chi connectivity index (χ1) is 16.6. The number of nitrogen functional groups attached to an aromatic ring is 1. The zero-order valence-corrected chi connectivity index (χ0v) is 21.5. The normalized spacial score (nSPS) is 27.5. The molecule has 1 fully saturated rings. The molecular weight excluding hydrogens is 555 g/mol. The molecule has 36 heavy (non-hydrogen) atoms. The van der Waals surface area contributed by atoms with Gasteiger partial charge >= 0.3 is 5.65 Å². The SMILES string of the molecule is CCOC1C(O)[C@@H]([n+]2cn(C)c3c(=O)[nH]c(N)nc32)O[C@H]1COP(=O)([O-])OP(=O)([O-])OP(=O)([O-])OC. The van der Waals surface area contributed by atoms with Crippen LogP contribution in [0.5, 0.6) is 0 Å². The first kappa shape index (κ1) is 29.0. The van der Waals surface area contributed by atoms with Crippen LogP contribution in [-0.2, 0) is 47.9 Å². The van der Waals surface area contributed by atoms with E-state index in [1.54, 1.807) is 6.92 Å². The Morgan fingerprint density at radius 1 is 1.25 bits per heavy atom. The van der Waals surface area contributed by atoms with Gasteiger partial charge in [0.2, 0.25) is 11.7 Å². The zero-order valence-electron chi connectivity index (χ0n) is 18.8. The number of H-pyrrole nitrogens is 1. The number of ether oxygens (including phenoxy) is 2. The molecule has 0 radical (unpaired) electrons. The fourth-order valence-corrected chi connectivity index (χ4v) is 6.55. The summed E-state index contributed by atoms with van der Waals surface area (Å²) in [5.41, 5.74) is 5.15. The van der Waals surface area contributed by atoms with Gasteiger partial charge in [0, 0.05) is 13.7 Å². The molecule has 1 saturated heterocycles. The minimum atomic E-state index is -5.98. The molecule has 5 unspecified atom stereocenters. The number of hydrogen-bond acceptors (Lipinski definition) is 16. The van der Waals surface area contributed by atoms with E-state index in [-0.39, 0.29) is 23.7 Å². The summed E-state index contributed by atoms with van der Waals surface area (Å²) >= 11 is 0. The number of aryl methyl sites for hydroxylation is 1. The van der Waals surface area contributed by atoms with Crippen LogP contribution >= 0.6 is 23.5 Å². The average molecular weight is 577 g/mol. The second-order valence-corrected chi connectivity index (χ2v) is 11.8. The third-order valence-electron chi connectivity index (χ3n) is 4.75. The number of anilines is 1. The van der Waals surface area contributed by atoms with Crippen LogP contribution < -0.4 is 30.5 Å². The predicted molar refractivity (Wildman–Crippen MR) is 109 cm³/mol. The van der Waals surface area contributed by atoms with E-state index in [0.717, 1.165) is 0 Å². The lowest BCUT2D eigenvalue weighted by Crippen LogP contribution is -2.46. The highest BCUT2D eigenvalue weighted by molar-refractivity contribution is 7.65. The average Bonchev–Trinajstić information content (AvgIpc) is 3.22. The van der Waals surface area contributed by atoms with E-state index in [4.69, 9.17) is 15.2 Å². The molecule has 1 aliphatic heterocycles. The number of nitrogens with one attached hydrogen (secondary N) is 1. The Labute approximate surface area is 202 Å². The number of rotatable bonds is 11. The summed E-state index contributed by atoms with van der Waals surface area (Å²) in [4.78, 5) is 53.3. The lowest BCUT2D eigenvalue weighted by Gasteiger charge is -2.34. The maximum atomic E-state index is 12.3. The van der Waals surface area contributed by atoms with Crippen molar-refractivity contribution >= 4 is 40.6 Å². The third-order valence-corrected chi connectivity index (χ3v) is 8.87. The zero-order chi connectivity index (χ0) is 27.1. The van der Waals surface area contributed by atoms with Crippen LogP contribution in [0, 0.1) is 0 Å². The summed E-state index contributed by atoms with van der Waals surface area (Å²) in [5, 5.41) is 10.8. The topological polar surface area (TPSA) is 277 Å². The molecule has 2 aromatic rings. The Balaban J connectivity index is 1.81. The van der Waals surface area contributed by atoms with Gasteiger partial charge in [-0.1, -0.05) is 4.98 Å². The highest BCUT2D eigenvalue weighted by atomic mass is 31.3. The molecule has 22 heteroatoms. The standard InChI is InChI=1S/C14H24N5O14P3/c1-4-29-10-7(5-30-35(24,25)33-36(26,27)32-34(22,23)28-3)31-13(9(10)20)19-6-18(2)8-11(19)16-14(15)17-12(8)21/h6-7,9-10,13,20H,4-5H2,1-3H3,(H5-,15,16,17,21,22,23,24,25,26,27)/p-2/t7-,9?,10?,13-/m0/s1. The predicted octanol–water partition coefficient (Wildman–Crippen LogP) is -3.10. The number of phosphoric ester groups is 2. The molecule has 0 spiro atoms. The molecule has 1 aliphatic rings. The first-order valence-electron chi connectivity index (χ1n) is 9.87. The lowest BCUT2D eigenvalue weighted by molar-refractivity contribution is -0.745. The molecule has 0 bridgehead atoms. The van der Waals surface area contributed by atoms with Crippen LogP contribution in [0.25, 0.3) is 11.2 Å². The van der Waals surface area contributed by atoms with Crippen LogP contribution in [0.4, 0.5) is 5.95 Å². The van der Waals surface area contributed by atoms with Crippen LogP contribution in [-0.4, -0.2) is 58.3 Å². The minimum Gasteiger partial charge on any atom is -0.756 e. The summed E-state index contributed by atoms with van der Waals surface area (Å²) in [7, 11) is -15.0. The fourth-order valence-electron chi connectivity index (χ4n) is 3.42. The van der Waals surface area contributed by atoms with Crippen molar-refractivity contribution in [3.63, 3.8) is 0 Å². The van der Waals surface area contributed by atoms with Crippen molar-refractivity contribution in [2.24, 2.45) is 7.05 Å². The number of nitrogens with two attached hydrogens (primary N) is 1. The van der Waals surface area contributed by atoms with E-state index >= 15 is 0 Å². The van der Waals surface area contributed by atoms with Gasteiger partial charge in [0.25, 0.3) is 35.0 Å². The van der Waals surface area contributed by atoms with Gasteiger partial charge in [-0.05, 0) is 6.92 Å². The van der Waals surface area contributed by atoms with Gasteiger partial charge < -0.3 is 44.0 Å². The lowest BCUT2D eigenvalue weighted by atomic mass is 10.1. The molecule has 3 rings (SSSR count). The molecule has 0 amide bonds. The van der Waals surface area contributed by atoms with E-state index in [1.165, 1.54) is 22.5 Å². The number of aromatic amines is 1. The molecule has 0 aromatic carbocycles. The van der Waals surface area contributed by atoms with Gasteiger partial charge in [-0.15, -0.1) is 0 Å². The van der Waals surface area contributed by atoms with E-state index in [9.17, 15) is 38.3 Å². The molecular formula is C14H22N5O14P3-2. The van der Waals surface area contributed by atoms with Gasteiger partial charge in [-0.2, -0.15) is 0 Å². The Bertz CT molecular complexity index is 1310. The molecule has 19 nitrogen and oxygen atoms in total. The van der Waals surface area contributed by atoms with Crippen molar-refractivity contribution in [3.05, 3.63) is 16.7 Å². The monoisotopic (exact) mass is 577 g/mol. The van der Waals surface area contributed by atoms with E-state index in [2.05, 4.69) is 27.6 Å². The molecule has 4 N–H and O–H groups in total. The fraction of sp³-hybridized carbons (Fsp3) is 0.643. The molecule has 0 saturated carbocycles. The molecule has 3 heterocycles. The number of phosphoric acid groups is 3. The van der Waals surface area contributed by atoms with Crippen LogP contribution in [0.1, 0.15) is 13.2 Å². The highest BCUT2D eigenvalue weighted by Crippen LogP contribution is 2.62. The number of fused-ring (bicyclic) bond motifs is 1. The summed E-state index contributed by atoms with van der Waals surface area (Å²) in [6.45, 7) is 0.693. The van der Waals surface area contributed by atoms with Crippen molar-refractivity contribution in [1.29, 1.82) is 0 Å². The van der Waals surface area contributed by atoms with Crippen molar-refractivity contribution in [2.45, 2.75) is 31.5 Å². The summed E-state index contributed by atoms with van der Waals surface area (Å²) in [5.74, 6) is -0.217. The van der Waals surface area contributed by atoms with Crippen LogP contribution in [0.15, 0.2) is 11.1 Å². The minimum absolute atomic E-state index is 0.0297. The number of aromatic nitrogens is 4. The van der Waals surface area contributed by atoms with Gasteiger partial charge in [-0.25, -0.2) is 13.2 Å². The smallest absolute Gasteiger partial charge is 0.313 e. The van der Waals surface area contributed by atoms with Gasteiger partial charge in [-0.3, -0.25) is 28.0 Å². The van der Waals surface area contributed by atoms with E-state index < -0.39 is 60.2 Å². The maximum absolute atomic E-state index is 12.3. The second kappa shape index (κ2) is 10.7. The number of hydrogen-bond donors (Lipinski definition) is 3. The number of nitrogens with zero attached hydrogens (tertiary/aromatic N) is 3. The Hall–Kier alpha value is -1.56.